The molecule has 0 saturated carbocycles. The van der Waals surface area contributed by atoms with Gasteiger partial charge in [0.05, 0.1) is 7.11 Å². The largest absolute Gasteiger partial charge is 0.496 e. The van der Waals surface area contributed by atoms with Gasteiger partial charge in [0.25, 0.3) is 5.91 Å². The molecule has 110 valence electrons. The third-order valence-electron chi connectivity index (χ3n) is 3.02. The van der Waals surface area contributed by atoms with Crippen LogP contribution in [0.5, 0.6) is 5.75 Å². The van der Waals surface area contributed by atoms with E-state index < -0.39 is 0 Å². The molecule has 0 fully saturated rings. The van der Waals surface area contributed by atoms with E-state index in [0.29, 0.717) is 22.8 Å². The quantitative estimate of drug-likeness (QED) is 0.592. The zero-order valence-electron chi connectivity index (χ0n) is 12.2. The van der Waals surface area contributed by atoms with Gasteiger partial charge in [0.1, 0.15) is 11.6 Å². The maximum atomic E-state index is 12.3. The number of ether oxygens (including phenoxy) is 1. The fraction of sp³-hybridized carbons (Fsp3) is 0.200. The zero-order chi connectivity index (χ0) is 15.4. The van der Waals surface area contributed by atoms with Gasteiger partial charge < -0.3 is 15.5 Å². The Hall–Kier alpha value is -2.60. The van der Waals surface area contributed by atoms with Crippen LogP contribution in [0.4, 0.5) is 11.5 Å². The number of pyridine rings is 1. The highest BCUT2D eigenvalue weighted by Crippen LogP contribution is 2.22. The molecule has 1 amide bonds. The number of aryl methyl sites for hydroxylation is 2. The number of rotatable bonds is 4. The minimum Gasteiger partial charge on any atom is -0.496 e. The Balaban J connectivity index is 2.21. The van der Waals surface area contributed by atoms with E-state index in [1.54, 1.807) is 32.2 Å². The summed E-state index contributed by atoms with van der Waals surface area (Å²) in [6, 6.07) is 8.76. The first kappa shape index (κ1) is 14.8. The van der Waals surface area contributed by atoms with Crippen molar-refractivity contribution >= 4 is 17.4 Å². The number of nitrogens with zero attached hydrogens (tertiary/aromatic N) is 1. The van der Waals surface area contributed by atoms with Crippen LogP contribution in [0, 0.1) is 13.8 Å². The lowest BCUT2D eigenvalue weighted by Crippen LogP contribution is -2.15. The number of hydrazine groups is 1. The lowest BCUT2D eigenvalue weighted by molar-refractivity contribution is 0.102. The molecule has 0 saturated heterocycles. The fourth-order valence-electron chi connectivity index (χ4n) is 2.03. The van der Waals surface area contributed by atoms with E-state index in [0.717, 1.165) is 11.3 Å². The predicted molar refractivity (Wildman–Crippen MR) is 82.5 cm³/mol. The third kappa shape index (κ3) is 3.49. The van der Waals surface area contributed by atoms with Crippen LogP contribution in [0.15, 0.2) is 30.3 Å². The van der Waals surface area contributed by atoms with Crippen molar-refractivity contribution in [2.75, 3.05) is 17.9 Å². The highest BCUT2D eigenvalue weighted by atomic mass is 16.5. The number of hydrogen-bond acceptors (Lipinski definition) is 5. The molecular weight excluding hydrogens is 268 g/mol. The first-order valence-electron chi connectivity index (χ1n) is 6.45. The van der Waals surface area contributed by atoms with Gasteiger partial charge in [0.2, 0.25) is 0 Å². The fourth-order valence-corrected chi connectivity index (χ4v) is 2.03. The van der Waals surface area contributed by atoms with Crippen molar-refractivity contribution in [2.45, 2.75) is 13.8 Å². The molecule has 4 N–H and O–H groups in total. The highest BCUT2D eigenvalue weighted by Gasteiger charge is 2.09. The number of carbonyl (C=O) groups excluding carboxylic acids is 1. The van der Waals surface area contributed by atoms with Crippen molar-refractivity contribution < 1.29 is 9.53 Å². The summed E-state index contributed by atoms with van der Waals surface area (Å²) in [6.07, 6.45) is 0. The van der Waals surface area contributed by atoms with E-state index >= 15 is 0 Å². The van der Waals surface area contributed by atoms with Crippen molar-refractivity contribution in [1.29, 1.82) is 0 Å². The highest BCUT2D eigenvalue weighted by molar-refractivity contribution is 6.04. The summed E-state index contributed by atoms with van der Waals surface area (Å²) in [5.74, 6) is 6.34. The Morgan fingerprint density at radius 3 is 2.62 bits per heavy atom. The second-order valence-electron chi connectivity index (χ2n) is 4.67. The van der Waals surface area contributed by atoms with Gasteiger partial charge >= 0.3 is 0 Å². The zero-order valence-corrected chi connectivity index (χ0v) is 12.2. The number of nitrogens with two attached hydrogens (primary N) is 1. The van der Waals surface area contributed by atoms with Crippen LogP contribution >= 0.6 is 0 Å². The van der Waals surface area contributed by atoms with Crippen LogP contribution in [0.25, 0.3) is 0 Å². The second-order valence-corrected chi connectivity index (χ2v) is 4.67. The van der Waals surface area contributed by atoms with E-state index in [-0.39, 0.29) is 5.91 Å². The first-order valence-corrected chi connectivity index (χ1v) is 6.45. The van der Waals surface area contributed by atoms with Crippen molar-refractivity contribution in [2.24, 2.45) is 5.84 Å². The molecule has 1 aromatic carbocycles. The van der Waals surface area contributed by atoms with Crippen LogP contribution in [-0.4, -0.2) is 18.0 Å². The van der Waals surface area contributed by atoms with E-state index in [4.69, 9.17) is 10.6 Å². The summed E-state index contributed by atoms with van der Waals surface area (Å²) < 4.78 is 5.19. The molecule has 0 spiro atoms. The van der Waals surface area contributed by atoms with Crippen LogP contribution in [0.3, 0.4) is 0 Å². The number of hydrogen-bond donors (Lipinski definition) is 3. The Morgan fingerprint density at radius 2 is 2.00 bits per heavy atom. The number of aromatic nitrogens is 1. The molecule has 6 nitrogen and oxygen atoms in total. The number of nitrogen functional groups attached to an aromatic ring is 1. The van der Waals surface area contributed by atoms with Gasteiger partial charge in [0.15, 0.2) is 0 Å². The molecule has 2 aromatic rings. The van der Waals surface area contributed by atoms with Gasteiger partial charge in [-0.25, -0.2) is 10.8 Å². The number of nitrogens with one attached hydrogen (secondary N) is 2. The van der Waals surface area contributed by atoms with E-state index in [1.165, 1.54) is 0 Å². The molecule has 1 heterocycles. The third-order valence-corrected chi connectivity index (χ3v) is 3.02. The minimum atomic E-state index is -0.221. The van der Waals surface area contributed by atoms with Crippen molar-refractivity contribution in [3.8, 4) is 5.75 Å². The van der Waals surface area contributed by atoms with Gasteiger partial charge in [-0.05, 0) is 49.7 Å². The molecule has 0 aliphatic heterocycles. The van der Waals surface area contributed by atoms with Gasteiger partial charge in [-0.2, -0.15) is 0 Å². The molecule has 21 heavy (non-hydrogen) atoms. The van der Waals surface area contributed by atoms with Gasteiger partial charge in [0, 0.05) is 16.9 Å². The molecule has 0 aliphatic carbocycles. The number of carbonyl (C=O) groups is 1. The van der Waals surface area contributed by atoms with E-state index in [9.17, 15) is 4.79 Å². The van der Waals surface area contributed by atoms with E-state index in [1.807, 2.05) is 19.1 Å². The lowest BCUT2D eigenvalue weighted by Gasteiger charge is -2.10. The van der Waals surface area contributed by atoms with Crippen molar-refractivity contribution in [3.63, 3.8) is 0 Å². The van der Waals surface area contributed by atoms with Gasteiger partial charge in [-0.3, -0.25) is 4.79 Å². The summed E-state index contributed by atoms with van der Waals surface area (Å²) in [5.41, 5.74) is 5.30. The van der Waals surface area contributed by atoms with Crippen LogP contribution in [0.1, 0.15) is 21.6 Å². The summed E-state index contributed by atoms with van der Waals surface area (Å²) in [6.45, 7) is 3.72. The molecular formula is C15H18N4O2. The van der Waals surface area contributed by atoms with Crippen LogP contribution < -0.4 is 21.3 Å². The molecule has 0 bridgehead atoms. The van der Waals surface area contributed by atoms with Crippen molar-refractivity contribution in [3.05, 3.63) is 47.2 Å². The minimum absolute atomic E-state index is 0.221. The number of benzene rings is 1. The Kier molecular flexibility index (Phi) is 4.39. The van der Waals surface area contributed by atoms with Crippen LogP contribution in [0.2, 0.25) is 0 Å². The monoisotopic (exact) mass is 286 g/mol. The predicted octanol–water partition coefficient (Wildman–Crippen LogP) is 2.24. The van der Waals surface area contributed by atoms with Crippen molar-refractivity contribution in [1.82, 2.24) is 4.98 Å². The van der Waals surface area contributed by atoms with E-state index in [2.05, 4.69) is 15.7 Å². The lowest BCUT2D eigenvalue weighted by atomic mass is 10.1. The smallest absolute Gasteiger partial charge is 0.255 e. The average molecular weight is 286 g/mol. The summed E-state index contributed by atoms with van der Waals surface area (Å²) in [5, 5.41) is 2.84. The first-order chi connectivity index (χ1) is 10.0. The summed E-state index contributed by atoms with van der Waals surface area (Å²) >= 11 is 0. The Morgan fingerprint density at radius 1 is 1.24 bits per heavy atom. The molecule has 0 unspecified atom stereocenters. The normalized spacial score (nSPS) is 10.1. The Bertz CT molecular complexity index is 671. The molecule has 1 aromatic heterocycles. The summed E-state index contributed by atoms with van der Waals surface area (Å²) in [4.78, 5) is 16.4. The maximum absolute atomic E-state index is 12.3. The molecule has 0 aliphatic rings. The Labute approximate surface area is 123 Å². The van der Waals surface area contributed by atoms with Crippen LogP contribution in [-0.2, 0) is 0 Å². The SMILES string of the molecule is COc1ccc(NC(=O)c2cc(C)nc(NN)c2)cc1C. The molecule has 0 radical (unpaired) electrons. The standard InChI is InChI=1S/C15H18N4O2/c1-9-6-12(4-5-13(9)21-3)18-15(20)11-7-10(2)17-14(8-11)19-16/h4-8H,16H2,1-3H3,(H,17,19)(H,18,20). The molecule has 0 atom stereocenters. The number of amides is 1. The second kappa shape index (κ2) is 6.23. The number of methoxy groups -OCH3 is 1. The van der Waals surface area contributed by atoms with Gasteiger partial charge in [-0.15, -0.1) is 0 Å². The average Bonchev–Trinajstić information content (AvgIpc) is 2.46. The maximum Gasteiger partial charge on any atom is 0.255 e. The topological polar surface area (TPSA) is 89.3 Å². The summed E-state index contributed by atoms with van der Waals surface area (Å²) in [7, 11) is 1.61. The van der Waals surface area contributed by atoms with Gasteiger partial charge in [-0.1, -0.05) is 0 Å². The number of anilines is 2. The molecule has 6 heteroatoms. The molecule has 2 rings (SSSR count).